The minimum absolute atomic E-state index is 0.00170. The summed E-state index contributed by atoms with van der Waals surface area (Å²) in [7, 11) is 0. The molecule has 0 spiro atoms. The molecule has 3 aromatic rings. The summed E-state index contributed by atoms with van der Waals surface area (Å²) in [4.78, 5) is 23.9. The minimum atomic E-state index is -0.347. The fourth-order valence-electron chi connectivity index (χ4n) is 5.21. The molecule has 174 valence electrons. The van der Waals surface area contributed by atoms with Crippen LogP contribution >= 0.6 is 35.0 Å². The molecule has 1 fully saturated rings. The van der Waals surface area contributed by atoms with Gasteiger partial charge in [-0.15, -0.1) is 23.4 Å². The quantitative estimate of drug-likeness (QED) is 0.166. The summed E-state index contributed by atoms with van der Waals surface area (Å²) in [6, 6.07) is 20.4. The summed E-state index contributed by atoms with van der Waals surface area (Å²) in [6.07, 6.45) is 0.777. The molecule has 0 saturated heterocycles. The lowest BCUT2D eigenvalue weighted by atomic mass is 9.76. The number of anilines is 1. The number of halogens is 2. The Morgan fingerprint density at radius 3 is 2.56 bits per heavy atom. The van der Waals surface area contributed by atoms with Crippen LogP contribution in [-0.4, -0.2) is 21.3 Å². The number of benzene rings is 3. The number of carbonyl (C=O) groups is 1. The lowest BCUT2D eigenvalue weighted by Crippen LogP contribution is -2.31. The third kappa shape index (κ3) is 4.19. The second-order valence-electron chi connectivity index (χ2n) is 8.78. The molecule has 1 heterocycles. The molecular weight excluding hydrogens is 491 g/mol. The number of para-hydroxylation sites is 1. The Labute approximate surface area is 212 Å². The molecule has 5 atom stereocenters. The van der Waals surface area contributed by atoms with E-state index < -0.39 is 0 Å². The highest BCUT2D eigenvalue weighted by Crippen LogP contribution is 2.58. The summed E-state index contributed by atoms with van der Waals surface area (Å²) in [5.74, 6) is 0.158. The fraction of sp³-hybridized carbons (Fsp3) is 0.269. The van der Waals surface area contributed by atoms with E-state index >= 15 is 0 Å². The molecule has 5 rings (SSSR count). The maximum atomic E-state index is 12.1. The topological polar surface area (TPSA) is 72.2 Å². The monoisotopic (exact) mass is 512 g/mol. The Hall–Kier alpha value is -2.54. The van der Waals surface area contributed by atoms with E-state index in [1.54, 1.807) is 19.1 Å². The van der Waals surface area contributed by atoms with E-state index in [1.807, 2.05) is 48.5 Å². The van der Waals surface area contributed by atoms with Crippen molar-refractivity contribution in [3.05, 3.63) is 98.6 Å². The van der Waals surface area contributed by atoms with Gasteiger partial charge in [-0.1, -0.05) is 35.9 Å². The Morgan fingerprint density at radius 2 is 1.85 bits per heavy atom. The standard InChI is InChI=1S/C26H22Cl2N2O3S/c1-14(31)16-8-11-20-18(12-16)24-19(26(29-20)15-6-9-17(27)10-7-15)13-23(25(24)28)34-22-5-3-2-4-21(22)30(32)33/h2-12,19,23-26,29H,13H2,1H3/t19-,23+,24-,25+,26+/m0/s1. The van der Waals surface area contributed by atoms with E-state index in [0.29, 0.717) is 15.5 Å². The Morgan fingerprint density at radius 1 is 1.12 bits per heavy atom. The molecule has 1 aliphatic heterocycles. The largest absolute Gasteiger partial charge is 0.378 e. The highest BCUT2D eigenvalue weighted by atomic mass is 35.5. The molecule has 0 radical (unpaired) electrons. The Kier molecular flexibility index (Phi) is 6.32. The molecule has 8 heteroatoms. The molecule has 1 aliphatic carbocycles. The van der Waals surface area contributed by atoms with Crippen LogP contribution in [0, 0.1) is 16.0 Å². The van der Waals surface area contributed by atoms with Crippen molar-refractivity contribution in [1.29, 1.82) is 0 Å². The van der Waals surface area contributed by atoms with Gasteiger partial charge in [-0.2, -0.15) is 0 Å². The van der Waals surface area contributed by atoms with E-state index in [9.17, 15) is 14.9 Å². The van der Waals surface area contributed by atoms with Crippen molar-refractivity contribution in [3.63, 3.8) is 0 Å². The van der Waals surface area contributed by atoms with Crippen molar-refractivity contribution in [3.8, 4) is 0 Å². The normalized spacial score (nSPS) is 25.2. The first kappa shape index (κ1) is 23.2. The van der Waals surface area contributed by atoms with Crippen molar-refractivity contribution in [2.24, 2.45) is 5.92 Å². The molecule has 0 unspecified atom stereocenters. The van der Waals surface area contributed by atoms with Crippen molar-refractivity contribution < 1.29 is 9.72 Å². The number of hydrogen-bond donors (Lipinski definition) is 1. The van der Waals surface area contributed by atoms with Gasteiger partial charge in [0.1, 0.15) is 0 Å². The number of nitrogens with zero attached hydrogens (tertiary/aromatic N) is 1. The number of nitrogens with one attached hydrogen (secondary N) is 1. The number of nitro groups is 1. The van der Waals surface area contributed by atoms with E-state index in [2.05, 4.69) is 5.32 Å². The van der Waals surface area contributed by atoms with Crippen molar-refractivity contribution >= 4 is 52.1 Å². The van der Waals surface area contributed by atoms with Gasteiger partial charge in [0.2, 0.25) is 0 Å². The summed E-state index contributed by atoms with van der Waals surface area (Å²) in [5, 5.41) is 15.6. The first-order valence-electron chi connectivity index (χ1n) is 11.0. The fourth-order valence-corrected chi connectivity index (χ4v) is 7.28. The number of rotatable bonds is 5. The maximum absolute atomic E-state index is 12.1. The molecular formula is C26H22Cl2N2O3S. The SMILES string of the molecule is CC(=O)c1ccc2c(c1)[C@@H]1[C@H](Cl)[C@H](Sc3ccccc3[N+](=O)[O-])C[C@@H]1[C@@H](c1ccc(Cl)cc1)N2. The molecule has 34 heavy (non-hydrogen) atoms. The van der Waals surface area contributed by atoms with Gasteiger partial charge in [-0.3, -0.25) is 14.9 Å². The predicted octanol–water partition coefficient (Wildman–Crippen LogP) is 7.49. The number of thioether (sulfide) groups is 1. The lowest BCUT2D eigenvalue weighted by Gasteiger charge is -2.38. The van der Waals surface area contributed by atoms with Crippen LogP contribution in [0.2, 0.25) is 5.02 Å². The third-order valence-corrected chi connectivity index (χ3v) is 9.15. The van der Waals surface area contributed by atoms with E-state index in [1.165, 1.54) is 17.8 Å². The zero-order valence-corrected chi connectivity index (χ0v) is 20.6. The second kappa shape index (κ2) is 9.25. The molecule has 3 aromatic carbocycles. The van der Waals surface area contributed by atoms with Gasteiger partial charge in [0.15, 0.2) is 5.78 Å². The van der Waals surface area contributed by atoms with Gasteiger partial charge < -0.3 is 5.32 Å². The van der Waals surface area contributed by atoms with Crippen LogP contribution in [0.4, 0.5) is 11.4 Å². The van der Waals surface area contributed by atoms with Gasteiger partial charge in [0.25, 0.3) is 5.69 Å². The number of nitro benzene ring substituents is 1. The van der Waals surface area contributed by atoms with Gasteiger partial charge in [0.05, 0.1) is 21.2 Å². The lowest BCUT2D eigenvalue weighted by molar-refractivity contribution is -0.387. The Bertz CT molecular complexity index is 1270. The summed E-state index contributed by atoms with van der Waals surface area (Å²) < 4.78 is 0. The van der Waals surface area contributed by atoms with Crippen LogP contribution in [0.3, 0.4) is 0 Å². The summed E-state index contributed by atoms with van der Waals surface area (Å²) in [6.45, 7) is 1.56. The first-order chi connectivity index (χ1) is 16.3. The number of fused-ring (bicyclic) bond motifs is 3. The van der Waals surface area contributed by atoms with E-state index in [0.717, 1.165) is 23.2 Å². The molecule has 1 N–H and O–H groups in total. The van der Waals surface area contributed by atoms with Crippen molar-refractivity contribution in [2.45, 2.75) is 40.8 Å². The molecule has 5 nitrogen and oxygen atoms in total. The van der Waals surface area contributed by atoms with E-state index in [-0.39, 0.29) is 44.9 Å². The van der Waals surface area contributed by atoms with Crippen LogP contribution in [0.5, 0.6) is 0 Å². The predicted molar refractivity (Wildman–Crippen MR) is 137 cm³/mol. The minimum Gasteiger partial charge on any atom is -0.378 e. The highest BCUT2D eigenvalue weighted by Gasteiger charge is 2.50. The average molecular weight is 513 g/mol. The number of carbonyl (C=O) groups excluding carboxylic acids is 1. The number of alkyl halides is 1. The Balaban J connectivity index is 1.55. The number of ketones is 1. The summed E-state index contributed by atoms with van der Waals surface area (Å²) >= 11 is 14.8. The third-order valence-electron chi connectivity index (χ3n) is 6.79. The summed E-state index contributed by atoms with van der Waals surface area (Å²) in [5.41, 5.74) is 3.86. The molecule has 2 aliphatic rings. The van der Waals surface area contributed by atoms with Crippen LogP contribution < -0.4 is 5.32 Å². The van der Waals surface area contributed by atoms with Crippen LogP contribution in [-0.2, 0) is 0 Å². The van der Waals surface area contributed by atoms with Gasteiger partial charge in [0, 0.05) is 33.5 Å². The van der Waals surface area contributed by atoms with Gasteiger partial charge >= 0.3 is 0 Å². The molecule has 0 aromatic heterocycles. The number of Topliss-reactive ketones (excluding diaryl/α,β-unsaturated/α-hetero) is 1. The number of hydrogen-bond acceptors (Lipinski definition) is 5. The highest BCUT2D eigenvalue weighted by molar-refractivity contribution is 8.00. The van der Waals surface area contributed by atoms with Crippen LogP contribution in [0.1, 0.15) is 46.8 Å². The molecule has 1 saturated carbocycles. The second-order valence-corrected chi connectivity index (χ2v) is 11.0. The molecule has 0 amide bonds. The maximum Gasteiger partial charge on any atom is 0.282 e. The average Bonchev–Trinajstić information content (AvgIpc) is 3.15. The first-order valence-corrected chi connectivity index (χ1v) is 12.7. The zero-order valence-electron chi connectivity index (χ0n) is 18.3. The van der Waals surface area contributed by atoms with Crippen LogP contribution in [0.25, 0.3) is 0 Å². The zero-order chi connectivity index (χ0) is 24.0. The van der Waals surface area contributed by atoms with Crippen LogP contribution in [0.15, 0.2) is 71.6 Å². The smallest absolute Gasteiger partial charge is 0.282 e. The van der Waals surface area contributed by atoms with E-state index in [4.69, 9.17) is 23.2 Å². The van der Waals surface area contributed by atoms with Crippen molar-refractivity contribution in [1.82, 2.24) is 0 Å². The molecule has 0 bridgehead atoms. The van der Waals surface area contributed by atoms with Gasteiger partial charge in [-0.25, -0.2) is 0 Å². The van der Waals surface area contributed by atoms with Gasteiger partial charge in [-0.05, 0) is 66.8 Å². The van der Waals surface area contributed by atoms with Crippen molar-refractivity contribution in [2.75, 3.05) is 5.32 Å².